The van der Waals surface area contributed by atoms with Gasteiger partial charge in [0.05, 0.1) is 25.2 Å². The minimum absolute atomic E-state index is 0.0384. The summed E-state index contributed by atoms with van der Waals surface area (Å²) in [5.41, 5.74) is -0.964. The van der Waals surface area contributed by atoms with E-state index in [1.807, 2.05) is 0 Å². The molecule has 2 aromatic rings. The van der Waals surface area contributed by atoms with Gasteiger partial charge in [0, 0.05) is 12.1 Å². The molecule has 6 nitrogen and oxygen atoms in total. The molecule has 0 aliphatic carbocycles. The Balaban J connectivity index is 2.15. The largest absolute Gasteiger partial charge is 0.493 e. The van der Waals surface area contributed by atoms with Crippen molar-refractivity contribution in [3.63, 3.8) is 0 Å². The van der Waals surface area contributed by atoms with E-state index in [1.165, 1.54) is 24.3 Å². The molecule has 0 saturated carbocycles. The normalized spacial score (nSPS) is 12.3. The highest BCUT2D eigenvalue weighted by molar-refractivity contribution is 6.05. The Bertz CT molecular complexity index is 1000. The molecule has 0 fully saturated rings. The number of benzene rings is 2. The van der Waals surface area contributed by atoms with Gasteiger partial charge in [0.15, 0.2) is 0 Å². The summed E-state index contributed by atoms with van der Waals surface area (Å²) in [5, 5.41) is 13.5. The Morgan fingerprint density at radius 1 is 0.941 bits per heavy atom. The van der Waals surface area contributed by atoms with Gasteiger partial charge in [-0.25, -0.2) is 0 Å². The molecule has 3 N–H and O–H groups in total. The van der Waals surface area contributed by atoms with Crippen molar-refractivity contribution < 1.29 is 45.8 Å². The monoisotopic (exact) mass is 490 g/mol. The van der Waals surface area contributed by atoms with Crippen molar-refractivity contribution >= 4 is 17.9 Å². The highest BCUT2D eigenvalue weighted by atomic mass is 19.4. The zero-order chi connectivity index (χ0) is 25.4. The molecule has 0 heterocycles. The predicted molar refractivity (Wildman–Crippen MR) is 110 cm³/mol. The fourth-order valence-corrected chi connectivity index (χ4v) is 2.54. The molecule has 0 unspecified atom stereocenters. The van der Waals surface area contributed by atoms with Crippen LogP contribution in [0.15, 0.2) is 54.2 Å². The Morgan fingerprint density at radius 2 is 1.56 bits per heavy atom. The van der Waals surface area contributed by atoms with E-state index in [2.05, 4.69) is 10.6 Å². The first-order chi connectivity index (χ1) is 15.9. The third-order valence-electron chi connectivity index (χ3n) is 4.21. The van der Waals surface area contributed by atoms with Crippen LogP contribution >= 0.6 is 0 Å². The molecule has 0 bridgehead atoms. The molecule has 0 aromatic heterocycles. The van der Waals surface area contributed by atoms with Crippen LogP contribution in [-0.4, -0.2) is 42.9 Å². The number of halogens is 6. The summed E-state index contributed by atoms with van der Waals surface area (Å²) >= 11 is 0. The molecule has 0 spiro atoms. The zero-order valence-corrected chi connectivity index (χ0v) is 17.5. The average molecular weight is 490 g/mol. The lowest BCUT2D eigenvalue weighted by molar-refractivity contribution is -0.139. The smallest absolute Gasteiger partial charge is 0.416 e. The van der Waals surface area contributed by atoms with Crippen molar-refractivity contribution in [3.05, 3.63) is 70.9 Å². The maximum absolute atomic E-state index is 12.7. The van der Waals surface area contributed by atoms with Crippen molar-refractivity contribution in [2.45, 2.75) is 18.8 Å². The van der Waals surface area contributed by atoms with Gasteiger partial charge in [-0.05, 0) is 48.0 Å². The molecular formula is C22H20F6N2O4. The van der Waals surface area contributed by atoms with E-state index >= 15 is 0 Å². The molecule has 0 aliphatic rings. The van der Waals surface area contributed by atoms with Crippen LogP contribution in [0.2, 0.25) is 0 Å². The van der Waals surface area contributed by atoms with Gasteiger partial charge >= 0.3 is 12.4 Å². The molecule has 0 atom stereocenters. The molecule has 2 amide bonds. The number of nitrogens with one attached hydrogen (secondary N) is 2. The number of aliphatic hydroxyl groups excluding tert-OH is 1. The summed E-state index contributed by atoms with van der Waals surface area (Å²) in [6, 6.07) is 8.93. The number of carbonyl (C=O) groups is 2. The van der Waals surface area contributed by atoms with E-state index in [1.54, 1.807) is 0 Å². The Hall–Kier alpha value is -3.54. The standard InChI is InChI=1S/C22H20F6N2O4/c23-21(24,25)9-12-34-17-7-3-15(4-8-17)19(32)30-18(20(33)29-10-11-31)13-14-1-5-16(6-2-14)22(26,27)28/h1-8,13,31H,9-12H2,(H,29,33)(H,30,32)/b18-13-. The van der Waals surface area contributed by atoms with Crippen molar-refractivity contribution in [1.29, 1.82) is 0 Å². The highest BCUT2D eigenvalue weighted by Gasteiger charge is 2.30. The minimum atomic E-state index is -4.54. The lowest BCUT2D eigenvalue weighted by atomic mass is 10.1. The number of ether oxygens (including phenoxy) is 1. The molecule has 0 radical (unpaired) electrons. The van der Waals surface area contributed by atoms with Crippen LogP contribution in [0.25, 0.3) is 6.08 Å². The van der Waals surface area contributed by atoms with E-state index in [9.17, 15) is 35.9 Å². The quantitative estimate of drug-likeness (QED) is 0.368. The molecule has 2 rings (SSSR count). The first kappa shape index (κ1) is 26.7. The second kappa shape index (κ2) is 11.5. The SMILES string of the molecule is O=C(NCCO)/C(=C/c1ccc(C(F)(F)F)cc1)NC(=O)c1ccc(OCCC(F)(F)F)cc1. The molecule has 2 aromatic carbocycles. The lowest BCUT2D eigenvalue weighted by Gasteiger charge is -2.12. The average Bonchev–Trinajstić information content (AvgIpc) is 2.76. The molecule has 12 heteroatoms. The van der Waals surface area contributed by atoms with Crippen LogP contribution < -0.4 is 15.4 Å². The number of hydrogen-bond acceptors (Lipinski definition) is 4. The van der Waals surface area contributed by atoms with Gasteiger partial charge in [0.25, 0.3) is 11.8 Å². The summed E-state index contributed by atoms with van der Waals surface area (Å²) in [6.45, 7) is -1.12. The fraction of sp³-hybridized carbons (Fsp3) is 0.273. The summed E-state index contributed by atoms with van der Waals surface area (Å²) in [6.07, 6.45) is -8.90. The molecule has 34 heavy (non-hydrogen) atoms. The van der Waals surface area contributed by atoms with Gasteiger partial charge in [-0.2, -0.15) is 26.3 Å². The van der Waals surface area contributed by atoms with Gasteiger partial charge in [-0.15, -0.1) is 0 Å². The molecular weight excluding hydrogens is 470 g/mol. The number of aliphatic hydroxyl groups is 1. The Morgan fingerprint density at radius 3 is 2.09 bits per heavy atom. The zero-order valence-electron chi connectivity index (χ0n) is 17.5. The molecule has 184 valence electrons. The van der Waals surface area contributed by atoms with E-state index in [0.717, 1.165) is 30.3 Å². The van der Waals surface area contributed by atoms with Crippen LogP contribution in [0.5, 0.6) is 5.75 Å². The van der Waals surface area contributed by atoms with Crippen molar-refractivity contribution in [2.75, 3.05) is 19.8 Å². The van der Waals surface area contributed by atoms with Crippen LogP contribution in [-0.2, 0) is 11.0 Å². The lowest BCUT2D eigenvalue weighted by Crippen LogP contribution is -2.36. The van der Waals surface area contributed by atoms with E-state index in [-0.39, 0.29) is 35.7 Å². The van der Waals surface area contributed by atoms with Crippen LogP contribution in [0.4, 0.5) is 26.3 Å². The van der Waals surface area contributed by atoms with Gasteiger partial charge < -0.3 is 20.5 Å². The molecule has 0 saturated heterocycles. The van der Waals surface area contributed by atoms with Crippen LogP contribution in [0, 0.1) is 0 Å². The van der Waals surface area contributed by atoms with Gasteiger partial charge in [-0.3, -0.25) is 9.59 Å². The first-order valence-electron chi connectivity index (χ1n) is 9.78. The fourth-order valence-electron chi connectivity index (χ4n) is 2.54. The van der Waals surface area contributed by atoms with Crippen molar-refractivity contribution in [2.24, 2.45) is 0 Å². The second-order valence-electron chi connectivity index (χ2n) is 6.85. The summed E-state index contributed by atoms with van der Waals surface area (Å²) in [4.78, 5) is 24.9. The second-order valence-corrected chi connectivity index (χ2v) is 6.85. The van der Waals surface area contributed by atoms with Crippen LogP contribution in [0.1, 0.15) is 27.9 Å². The summed E-state index contributed by atoms with van der Waals surface area (Å²) < 4.78 is 79.7. The maximum atomic E-state index is 12.7. The number of hydrogen-bond donors (Lipinski definition) is 3. The number of carbonyl (C=O) groups excluding carboxylic acids is 2. The predicted octanol–water partition coefficient (Wildman–Crippen LogP) is 3.92. The first-order valence-corrected chi connectivity index (χ1v) is 9.78. The number of alkyl halides is 6. The molecule has 0 aliphatic heterocycles. The van der Waals surface area contributed by atoms with E-state index in [0.29, 0.717) is 0 Å². The summed E-state index contributed by atoms with van der Waals surface area (Å²) in [7, 11) is 0. The van der Waals surface area contributed by atoms with Crippen LogP contribution in [0.3, 0.4) is 0 Å². The summed E-state index contributed by atoms with van der Waals surface area (Å²) in [5.74, 6) is -1.46. The highest BCUT2D eigenvalue weighted by Crippen LogP contribution is 2.29. The Kier molecular flexibility index (Phi) is 9.07. The van der Waals surface area contributed by atoms with Gasteiger partial charge in [0.2, 0.25) is 0 Å². The van der Waals surface area contributed by atoms with E-state index in [4.69, 9.17) is 9.84 Å². The number of amides is 2. The van der Waals surface area contributed by atoms with E-state index < -0.39 is 42.8 Å². The van der Waals surface area contributed by atoms with Crippen molar-refractivity contribution in [1.82, 2.24) is 10.6 Å². The topological polar surface area (TPSA) is 87.7 Å². The van der Waals surface area contributed by atoms with Crippen molar-refractivity contribution in [3.8, 4) is 5.75 Å². The minimum Gasteiger partial charge on any atom is -0.493 e. The third kappa shape index (κ3) is 8.77. The van der Waals surface area contributed by atoms with Gasteiger partial charge in [-0.1, -0.05) is 12.1 Å². The third-order valence-corrected chi connectivity index (χ3v) is 4.21. The van der Waals surface area contributed by atoms with Gasteiger partial charge in [0.1, 0.15) is 11.4 Å². The number of rotatable bonds is 9. The Labute approximate surface area is 190 Å². The maximum Gasteiger partial charge on any atom is 0.416 e.